The minimum absolute atomic E-state index is 0.0643. The van der Waals surface area contributed by atoms with E-state index in [-0.39, 0.29) is 11.9 Å². The van der Waals surface area contributed by atoms with Crippen molar-refractivity contribution in [3.8, 4) is 0 Å². The fourth-order valence-electron chi connectivity index (χ4n) is 2.25. The Morgan fingerprint density at radius 2 is 2.00 bits per heavy atom. The monoisotopic (exact) mass is 281 g/mol. The first kappa shape index (κ1) is 16.7. The fourth-order valence-corrected chi connectivity index (χ4v) is 2.25. The van der Waals surface area contributed by atoms with Crippen LogP contribution in [0.3, 0.4) is 0 Å². The lowest BCUT2D eigenvalue weighted by Crippen LogP contribution is -2.34. The van der Waals surface area contributed by atoms with Gasteiger partial charge >= 0.3 is 5.97 Å². The van der Waals surface area contributed by atoms with E-state index in [4.69, 9.17) is 4.74 Å². The van der Waals surface area contributed by atoms with Crippen molar-refractivity contribution in [3.05, 3.63) is 12.2 Å². The third-order valence-corrected chi connectivity index (χ3v) is 3.49. The van der Waals surface area contributed by atoms with Gasteiger partial charge in [-0.05, 0) is 19.3 Å². The Labute approximate surface area is 122 Å². The van der Waals surface area contributed by atoms with E-state index in [1.807, 2.05) is 6.08 Å². The van der Waals surface area contributed by atoms with Crippen LogP contribution in [0.15, 0.2) is 12.2 Å². The quantitative estimate of drug-likeness (QED) is 0.380. The second-order valence-electron chi connectivity index (χ2n) is 5.32. The van der Waals surface area contributed by atoms with Crippen LogP contribution in [-0.4, -0.2) is 24.5 Å². The molecule has 20 heavy (non-hydrogen) atoms. The third kappa shape index (κ3) is 7.31. The molecule has 0 aromatic rings. The Bertz CT molecular complexity index is 326. The van der Waals surface area contributed by atoms with Crippen LogP contribution >= 0.6 is 0 Å². The number of ether oxygens (including phenoxy) is 1. The smallest absolute Gasteiger partial charge is 0.328 e. The van der Waals surface area contributed by atoms with Crippen LogP contribution in [0.25, 0.3) is 0 Å². The summed E-state index contributed by atoms with van der Waals surface area (Å²) in [5, 5.41) is 2.60. The van der Waals surface area contributed by atoms with E-state index >= 15 is 0 Å². The molecular weight excluding hydrogens is 254 g/mol. The van der Waals surface area contributed by atoms with Crippen molar-refractivity contribution in [2.24, 2.45) is 0 Å². The number of rotatable bonds is 10. The zero-order chi connectivity index (χ0) is 14.6. The van der Waals surface area contributed by atoms with Crippen molar-refractivity contribution in [3.63, 3.8) is 0 Å². The van der Waals surface area contributed by atoms with Gasteiger partial charge in [-0.1, -0.05) is 51.2 Å². The van der Waals surface area contributed by atoms with Crippen molar-refractivity contribution >= 4 is 11.9 Å². The normalized spacial score (nSPS) is 18.4. The average Bonchev–Trinajstić information content (AvgIpc) is 2.87. The van der Waals surface area contributed by atoms with E-state index in [0.29, 0.717) is 19.4 Å². The van der Waals surface area contributed by atoms with Gasteiger partial charge in [0, 0.05) is 6.42 Å². The second-order valence-corrected chi connectivity index (χ2v) is 5.32. The molecule has 1 rings (SSSR count). The van der Waals surface area contributed by atoms with Gasteiger partial charge in [0.15, 0.2) is 0 Å². The van der Waals surface area contributed by atoms with Gasteiger partial charge in [0.2, 0.25) is 5.91 Å². The molecule has 1 fully saturated rings. The minimum Gasteiger partial charge on any atom is -0.460 e. The third-order valence-electron chi connectivity index (χ3n) is 3.49. The van der Waals surface area contributed by atoms with Crippen LogP contribution in [0.2, 0.25) is 0 Å². The molecule has 4 heteroatoms. The molecule has 1 N–H and O–H groups in total. The van der Waals surface area contributed by atoms with Crippen LogP contribution in [-0.2, 0) is 14.3 Å². The van der Waals surface area contributed by atoms with Gasteiger partial charge in [-0.2, -0.15) is 0 Å². The van der Waals surface area contributed by atoms with Gasteiger partial charge < -0.3 is 10.1 Å². The topological polar surface area (TPSA) is 55.4 Å². The highest BCUT2D eigenvalue weighted by atomic mass is 16.5. The first-order valence-corrected chi connectivity index (χ1v) is 7.85. The number of nitrogens with one attached hydrogen (secondary N) is 1. The molecule has 0 unspecified atom stereocenters. The Morgan fingerprint density at radius 3 is 2.70 bits per heavy atom. The average molecular weight is 281 g/mol. The number of unbranched alkanes of at least 4 members (excludes halogenated alkanes) is 6. The highest BCUT2D eigenvalue weighted by Gasteiger charge is 2.27. The maximum Gasteiger partial charge on any atom is 0.328 e. The molecule has 1 saturated heterocycles. The van der Waals surface area contributed by atoms with Gasteiger partial charge in [-0.3, -0.25) is 4.79 Å². The molecule has 0 aromatic carbocycles. The molecule has 1 atom stereocenters. The molecule has 0 bridgehead atoms. The van der Waals surface area contributed by atoms with Gasteiger partial charge in [0.05, 0.1) is 0 Å². The molecular formula is C16H27NO3. The predicted octanol–water partition coefficient (Wildman–Crippen LogP) is 3.12. The molecule has 1 aliphatic rings. The summed E-state index contributed by atoms with van der Waals surface area (Å²) in [4.78, 5) is 22.5. The summed E-state index contributed by atoms with van der Waals surface area (Å²) in [7, 11) is 0. The molecule has 1 heterocycles. The van der Waals surface area contributed by atoms with Crippen LogP contribution in [0, 0.1) is 0 Å². The lowest BCUT2D eigenvalue weighted by molar-refractivity contribution is -0.145. The first-order valence-electron chi connectivity index (χ1n) is 7.85. The number of amides is 1. The number of hydrogen-bond donors (Lipinski definition) is 1. The fraction of sp³-hybridized carbons (Fsp3) is 0.750. The Hall–Kier alpha value is -1.32. The van der Waals surface area contributed by atoms with Crippen molar-refractivity contribution in [2.45, 2.75) is 70.8 Å². The van der Waals surface area contributed by atoms with Gasteiger partial charge in [-0.25, -0.2) is 4.79 Å². The summed E-state index contributed by atoms with van der Waals surface area (Å²) in [6.45, 7) is 2.53. The van der Waals surface area contributed by atoms with Gasteiger partial charge in [0.1, 0.15) is 12.6 Å². The summed E-state index contributed by atoms with van der Waals surface area (Å²) in [5.74, 6) is -0.384. The molecule has 114 valence electrons. The minimum atomic E-state index is -0.436. The number of carbonyl (C=O) groups is 2. The molecule has 0 aliphatic carbocycles. The maximum absolute atomic E-state index is 11.6. The van der Waals surface area contributed by atoms with Crippen molar-refractivity contribution in [1.29, 1.82) is 0 Å². The SMILES string of the molecule is CCCCCCCC/C=C/COC(=O)[C@@H]1CCC(=O)N1. The van der Waals surface area contributed by atoms with Gasteiger partial charge in [0.25, 0.3) is 0 Å². The molecule has 0 radical (unpaired) electrons. The standard InChI is InChI=1S/C16H27NO3/c1-2-3-4-5-6-7-8-9-10-13-20-16(19)14-11-12-15(18)17-14/h9-10,14H,2-8,11-13H2,1H3,(H,17,18)/b10-9+/t14-/m0/s1. The summed E-state index contributed by atoms with van der Waals surface area (Å²) >= 11 is 0. The summed E-state index contributed by atoms with van der Waals surface area (Å²) < 4.78 is 5.09. The van der Waals surface area contributed by atoms with E-state index in [1.54, 1.807) is 0 Å². The zero-order valence-corrected chi connectivity index (χ0v) is 12.5. The molecule has 1 amide bonds. The number of allylic oxidation sites excluding steroid dienone is 1. The van der Waals surface area contributed by atoms with Crippen LogP contribution in [0.1, 0.15) is 64.7 Å². The van der Waals surface area contributed by atoms with Crippen molar-refractivity contribution in [1.82, 2.24) is 5.32 Å². The number of esters is 1. The van der Waals surface area contributed by atoms with Crippen LogP contribution in [0.4, 0.5) is 0 Å². The summed E-state index contributed by atoms with van der Waals surface area (Å²) in [6, 6.07) is -0.436. The van der Waals surface area contributed by atoms with E-state index in [2.05, 4.69) is 18.3 Å². The first-order chi connectivity index (χ1) is 9.74. The maximum atomic E-state index is 11.6. The largest absolute Gasteiger partial charge is 0.460 e. The molecule has 0 spiro atoms. The van der Waals surface area contributed by atoms with E-state index in [1.165, 1.54) is 38.5 Å². The van der Waals surface area contributed by atoms with Crippen LogP contribution < -0.4 is 5.32 Å². The van der Waals surface area contributed by atoms with E-state index < -0.39 is 6.04 Å². The number of hydrogen-bond acceptors (Lipinski definition) is 3. The summed E-state index contributed by atoms with van der Waals surface area (Å²) in [5.41, 5.74) is 0. The summed E-state index contributed by atoms with van der Waals surface area (Å²) in [6.07, 6.45) is 13.7. The highest BCUT2D eigenvalue weighted by Crippen LogP contribution is 2.09. The zero-order valence-electron chi connectivity index (χ0n) is 12.5. The van der Waals surface area contributed by atoms with Crippen molar-refractivity contribution in [2.75, 3.05) is 6.61 Å². The van der Waals surface area contributed by atoms with Crippen molar-refractivity contribution < 1.29 is 14.3 Å². The van der Waals surface area contributed by atoms with Crippen LogP contribution in [0.5, 0.6) is 0 Å². The van der Waals surface area contributed by atoms with E-state index in [0.717, 1.165) is 6.42 Å². The lowest BCUT2D eigenvalue weighted by Gasteiger charge is -2.08. The predicted molar refractivity (Wildman–Crippen MR) is 79.3 cm³/mol. The highest BCUT2D eigenvalue weighted by molar-refractivity contribution is 5.88. The lowest BCUT2D eigenvalue weighted by atomic mass is 10.1. The molecule has 1 aliphatic heterocycles. The Balaban J connectivity index is 1.94. The molecule has 0 aromatic heterocycles. The second kappa shape index (κ2) is 10.5. The number of carbonyl (C=O) groups excluding carboxylic acids is 2. The van der Waals surface area contributed by atoms with E-state index in [9.17, 15) is 9.59 Å². The molecule has 0 saturated carbocycles. The Kier molecular flexibility index (Phi) is 8.76. The van der Waals surface area contributed by atoms with Gasteiger partial charge in [-0.15, -0.1) is 0 Å². The molecule has 4 nitrogen and oxygen atoms in total. The Morgan fingerprint density at radius 1 is 1.25 bits per heavy atom.